The van der Waals surface area contributed by atoms with Crippen LogP contribution in [-0.2, 0) is 17.9 Å². The van der Waals surface area contributed by atoms with E-state index in [1.54, 1.807) is 12.1 Å². The van der Waals surface area contributed by atoms with Crippen LogP contribution < -0.4 is 15.0 Å². The minimum absolute atomic E-state index is 0.0484. The fourth-order valence-electron chi connectivity index (χ4n) is 2.62. The number of halogens is 1. The molecular formula is C20H26ClN2O2+. The molecule has 1 amide bonds. The van der Waals surface area contributed by atoms with Gasteiger partial charge in [0.15, 0.2) is 6.61 Å². The highest BCUT2D eigenvalue weighted by Gasteiger charge is 2.10. The van der Waals surface area contributed by atoms with Crippen LogP contribution in [0.3, 0.4) is 0 Å². The van der Waals surface area contributed by atoms with Crippen LogP contribution in [0, 0.1) is 0 Å². The Balaban J connectivity index is 1.88. The molecule has 0 aliphatic rings. The monoisotopic (exact) mass is 361 g/mol. The second kappa shape index (κ2) is 10.1. The molecule has 25 heavy (non-hydrogen) atoms. The lowest BCUT2D eigenvalue weighted by molar-refractivity contribution is -0.910. The Hall–Kier alpha value is -2.04. The van der Waals surface area contributed by atoms with Crippen LogP contribution in [0.1, 0.15) is 25.0 Å². The zero-order valence-corrected chi connectivity index (χ0v) is 15.6. The molecule has 2 aromatic carbocycles. The van der Waals surface area contributed by atoms with E-state index in [0.29, 0.717) is 17.3 Å². The summed E-state index contributed by atoms with van der Waals surface area (Å²) in [5.74, 6) is 0.356. The molecule has 0 saturated heterocycles. The Labute approximate surface area is 154 Å². The standard InChI is InChI=1S/C20H25ClN2O2/c1-3-23(4-2)14-17-10-6-5-9-16(17)13-22-20(24)15-25-19-12-8-7-11-18(19)21/h5-12H,3-4,13-15H2,1-2H3,(H,22,24)/p+1. The number of hydrogen-bond donors (Lipinski definition) is 2. The number of carbonyl (C=O) groups is 1. The van der Waals surface area contributed by atoms with Gasteiger partial charge in [0.1, 0.15) is 12.3 Å². The van der Waals surface area contributed by atoms with Crippen molar-refractivity contribution < 1.29 is 14.4 Å². The van der Waals surface area contributed by atoms with Gasteiger partial charge < -0.3 is 15.0 Å². The second-order valence-electron chi connectivity index (χ2n) is 5.90. The third kappa shape index (κ3) is 6.07. The molecule has 0 aromatic heterocycles. The minimum atomic E-state index is -0.162. The number of rotatable bonds is 9. The molecular weight excluding hydrogens is 336 g/mol. The van der Waals surface area contributed by atoms with Gasteiger partial charge in [-0.25, -0.2) is 0 Å². The molecule has 0 aliphatic heterocycles. The van der Waals surface area contributed by atoms with E-state index in [1.807, 2.05) is 24.3 Å². The Kier molecular flexibility index (Phi) is 7.76. The highest BCUT2D eigenvalue weighted by atomic mass is 35.5. The van der Waals surface area contributed by atoms with Crippen molar-refractivity contribution in [1.82, 2.24) is 5.32 Å². The van der Waals surface area contributed by atoms with Gasteiger partial charge in [-0.1, -0.05) is 48.0 Å². The van der Waals surface area contributed by atoms with E-state index in [1.165, 1.54) is 10.5 Å². The molecule has 0 fully saturated rings. The van der Waals surface area contributed by atoms with Crippen molar-refractivity contribution in [3.8, 4) is 5.75 Å². The van der Waals surface area contributed by atoms with Gasteiger partial charge in [-0.15, -0.1) is 0 Å². The number of quaternary nitrogens is 1. The summed E-state index contributed by atoms with van der Waals surface area (Å²) in [4.78, 5) is 13.6. The summed E-state index contributed by atoms with van der Waals surface area (Å²) in [5.41, 5.74) is 2.42. The van der Waals surface area contributed by atoms with Crippen LogP contribution in [0.25, 0.3) is 0 Å². The lowest BCUT2D eigenvalue weighted by atomic mass is 10.1. The van der Waals surface area contributed by atoms with E-state index in [0.717, 1.165) is 25.2 Å². The number of carbonyl (C=O) groups excluding carboxylic acids is 1. The summed E-state index contributed by atoms with van der Waals surface area (Å²) in [6, 6.07) is 15.4. The largest absolute Gasteiger partial charge is 0.482 e. The van der Waals surface area contributed by atoms with Gasteiger partial charge in [-0.3, -0.25) is 4.79 Å². The number of ether oxygens (including phenoxy) is 1. The maximum Gasteiger partial charge on any atom is 0.258 e. The van der Waals surface area contributed by atoms with Gasteiger partial charge in [0.25, 0.3) is 5.91 Å². The summed E-state index contributed by atoms with van der Waals surface area (Å²) < 4.78 is 5.47. The van der Waals surface area contributed by atoms with Crippen molar-refractivity contribution in [3.05, 3.63) is 64.7 Å². The van der Waals surface area contributed by atoms with Gasteiger partial charge in [-0.05, 0) is 31.5 Å². The van der Waals surface area contributed by atoms with Crippen molar-refractivity contribution in [2.75, 3.05) is 19.7 Å². The summed E-state index contributed by atoms with van der Waals surface area (Å²) in [7, 11) is 0. The lowest BCUT2D eigenvalue weighted by Crippen LogP contribution is -3.10. The van der Waals surface area contributed by atoms with Crippen molar-refractivity contribution in [3.63, 3.8) is 0 Å². The Bertz CT molecular complexity index is 687. The predicted octanol–water partition coefficient (Wildman–Crippen LogP) is 2.46. The van der Waals surface area contributed by atoms with Crippen LogP contribution in [0.2, 0.25) is 5.02 Å². The highest BCUT2D eigenvalue weighted by molar-refractivity contribution is 6.32. The summed E-state index contributed by atoms with van der Waals surface area (Å²) in [6.07, 6.45) is 0. The number of amides is 1. The molecule has 0 bridgehead atoms. The molecule has 0 saturated carbocycles. The van der Waals surface area contributed by atoms with E-state index in [4.69, 9.17) is 16.3 Å². The molecule has 4 nitrogen and oxygen atoms in total. The highest BCUT2D eigenvalue weighted by Crippen LogP contribution is 2.22. The summed E-state index contributed by atoms with van der Waals surface area (Å²) in [6.45, 7) is 7.97. The maximum absolute atomic E-state index is 12.1. The average molecular weight is 362 g/mol. The molecule has 0 heterocycles. The van der Waals surface area contributed by atoms with Crippen molar-refractivity contribution in [1.29, 1.82) is 0 Å². The molecule has 2 N–H and O–H groups in total. The van der Waals surface area contributed by atoms with Gasteiger partial charge in [-0.2, -0.15) is 0 Å². The molecule has 2 rings (SSSR count). The van der Waals surface area contributed by atoms with Crippen LogP contribution in [0.5, 0.6) is 5.75 Å². The summed E-state index contributed by atoms with van der Waals surface area (Å²) >= 11 is 6.02. The summed E-state index contributed by atoms with van der Waals surface area (Å²) in [5, 5.41) is 3.42. The second-order valence-corrected chi connectivity index (χ2v) is 6.31. The van der Waals surface area contributed by atoms with Gasteiger partial charge >= 0.3 is 0 Å². The minimum Gasteiger partial charge on any atom is -0.482 e. The van der Waals surface area contributed by atoms with E-state index in [9.17, 15) is 4.79 Å². The maximum atomic E-state index is 12.1. The molecule has 2 aromatic rings. The molecule has 0 spiro atoms. The molecule has 0 unspecified atom stereocenters. The number of nitrogens with one attached hydrogen (secondary N) is 2. The Morgan fingerprint density at radius 1 is 1.04 bits per heavy atom. The third-order valence-electron chi connectivity index (χ3n) is 4.23. The van der Waals surface area contributed by atoms with Crippen LogP contribution >= 0.6 is 11.6 Å². The van der Waals surface area contributed by atoms with Crippen molar-refractivity contribution >= 4 is 17.5 Å². The first-order chi connectivity index (χ1) is 12.1. The smallest absolute Gasteiger partial charge is 0.258 e. The first-order valence-electron chi connectivity index (χ1n) is 8.68. The fourth-order valence-corrected chi connectivity index (χ4v) is 2.81. The quantitative estimate of drug-likeness (QED) is 0.720. The first-order valence-corrected chi connectivity index (χ1v) is 9.06. The molecule has 0 radical (unpaired) electrons. The van der Waals surface area contributed by atoms with Gasteiger partial charge in [0.2, 0.25) is 0 Å². The first kappa shape index (κ1) is 19.3. The van der Waals surface area contributed by atoms with Crippen LogP contribution in [-0.4, -0.2) is 25.6 Å². The molecule has 5 heteroatoms. The molecule has 0 aliphatic carbocycles. The van der Waals surface area contributed by atoms with E-state index >= 15 is 0 Å². The normalized spacial score (nSPS) is 10.7. The average Bonchev–Trinajstić information content (AvgIpc) is 2.64. The van der Waals surface area contributed by atoms with Crippen LogP contribution in [0.4, 0.5) is 0 Å². The van der Waals surface area contributed by atoms with Gasteiger partial charge in [0.05, 0.1) is 18.1 Å². The topological polar surface area (TPSA) is 42.8 Å². The third-order valence-corrected chi connectivity index (χ3v) is 4.54. The number of para-hydroxylation sites is 1. The Morgan fingerprint density at radius 3 is 2.36 bits per heavy atom. The van der Waals surface area contributed by atoms with E-state index in [-0.39, 0.29) is 12.5 Å². The van der Waals surface area contributed by atoms with Crippen LogP contribution in [0.15, 0.2) is 48.5 Å². The van der Waals surface area contributed by atoms with E-state index in [2.05, 4.69) is 31.3 Å². The van der Waals surface area contributed by atoms with E-state index < -0.39 is 0 Å². The number of hydrogen-bond acceptors (Lipinski definition) is 2. The fraction of sp³-hybridized carbons (Fsp3) is 0.350. The molecule has 0 atom stereocenters. The van der Waals surface area contributed by atoms with Gasteiger partial charge in [0, 0.05) is 12.1 Å². The lowest BCUT2D eigenvalue weighted by Gasteiger charge is -2.18. The Morgan fingerprint density at radius 2 is 1.68 bits per heavy atom. The zero-order valence-electron chi connectivity index (χ0n) is 14.8. The predicted molar refractivity (Wildman–Crippen MR) is 101 cm³/mol. The zero-order chi connectivity index (χ0) is 18.1. The van der Waals surface area contributed by atoms with Crippen molar-refractivity contribution in [2.45, 2.75) is 26.9 Å². The number of benzene rings is 2. The SMILES string of the molecule is CC[NH+](CC)Cc1ccccc1CNC(=O)COc1ccccc1Cl. The molecule has 134 valence electrons. The van der Waals surface area contributed by atoms with Crippen molar-refractivity contribution in [2.24, 2.45) is 0 Å².